The van der Waals surface area contributed by atoms with E-state index >= 15 is 0 Å². The smallest absolute Gasteiger partial charge is 0.327 e. The van der Waals surface area contributed by atoms with Crippen molar-refractivity contribution in [3.63, 3.8) is 0 Å². The van der Waals surface area contributed by atoms with E-state index in [0.29, 0.717) is 9.99 Å². The number of para-hydroxylation sites is 1. The van der Waals surface area contributed by atoms with Crippen LogP contribution in [0.25, 0.3) is 0 Å². The average molecular weight is 402 g/mol. The number of esters is 1. The highest BCUT2D eigenvalue weighted by atomic mass is 32.2. The number of rotatable bonds is 6. The van der Waals surface area contributed by atoms with Crippen LogP contribution < -0.4 is 5.32 Å². The summed E-state index contributed by atoms with van der Waals surface area (Å²) in [7, 11) is -4.12. The molecule has 2 aromatic rings. The summed E-state index contributed by atoms with van der Waals surface area (Å²) in [5, 5.41) is 2.62. The van der Waals surface area contributed by atoms with Crippen molar-refractivity contribution in [3.8, 4) is 0 Å². The molecule has 0 radical (unpaired) electrons. The van der Waals surface area contributed by atoms with Gasteiger partial charge in [-0.2, -0.15) is 0 Å². The van der Waals surface area contributed by atoms with Gasteiger partial charge in [0.25, 0.3) is 21.8 Å². The molecule has 1 N–H and O–H groups in total. The van der Waals surface area contributed by atoms with E-state index in [-0.39, 0.29) is 16.9 Å². The van der Waals surface area contributed by atoms with Crippen molar-refractivity contribution in [2.75, 3.05) is 11.9 Å². The van der Waals surface area contributed by atoms with Crippen LogP contribution in [0.5, 0.6) is 0 Å². The highest BCUT2D eigenvalue weighted by Gasteiger charge is 2.42. The number of hydrogen-bond acceptors (Lipinski definition) is 6. The van der Waals surface area contributed by atoms with Crippen LogP contribution in [0.3, 0.4) is 0 Å². The van der Waals surface area contributed by atoms with Gasteiger partial charge in [0, 0.05) is 5.69 Å². The normalized spacial score (nSPS) is 15.6. The van der Waals surface area contributed by atoms with Crippen LogP contribution in [0.1, 0.15) is 23.7 Å². The van der Waals surface area contributed by atoms with Crippen molar-refractivity contribution in [2.24, 2.45) is 0 Å². The molecule has 1 heterocycles. The number of anilines is 1. The fourth-order valence-corrected chi connectivity index (χ4v) is 4.28. The first-order chi connectivity index (χ1) is 13.3. The number of fused-ring (bicyclic) bond motifs is 1. The molecule has 0 aliphatic carbocycles. The number of nitrogens with zero attached hydrogens (tertiary/aromatic N) is 1. The standard InChI is InChI=1S/C19H18N2O6S/c1-2-15(18(23)20-13-8-4-3-5-9-13)27-17(22)12-21-19(24)14-10-6-7-11-16(14)28(21,25)26/h3-11,15H,2,12H2,1H3,(H,20,23). The predicted octanol–water partition coefficient (Wildman–Crippen LogP) is 1.79. The van der Waals surface area contributed by atoms with E-state index in [1.807, 2.05) is 0 Å². The molecule has 0 fully saturated rings. The van der Waals surface area contributed by atoms with E-state index in [1.54, 1.807) is 37.3 Å². The third-order valence-corrected chi connectivity index (χ3v) is 5.95. The molecule has 2 amide bonds. The number of carbonyl (C=O) groups excluding carboxylic acids is 3. The Morgan fingerprint density at radius 3 is 2.36 bits per heavy atom. The Morgan fingerprint density at radius 1 is 1.07 bits per heavy atom. The van der Waals surface area contributed by atoms with Crippen LogP contribution in [0.4, 0.5) is 5.69 Å². The van der Waals surface area contributed by atoms with Gasteiger partial charge in [-0.1, -0.05) is 37.3 Å². The maximum atomic E-state index is 12.5. The van der Waals surface area contributed by atoms with E-state index in [2.05, 4.69) is 5.32 Å². The number of nitrogens with one attached hydrogen (secondary N) is 1. The summed E-state index contributed by atoms with van der Waals surface area (Å²) < 4.78 is 30.5. The summed E-state index contributed by atoms with van der Waals surface area (Å²) in [6, 6.07) is 14.3. The Morgan fingerprint density at radius 2 is 1.71 bits per heavy atom. The molecule has 1 unspecified atom stereocenters. The molecule has 0 spiro atoms. The Kier molecular flexibility index (Phi) is 5.46. The molecule has 3 rings (SSSR count). The van der Waals surface area contributed by atoms with E-state index in [4.69, 9.17) is 4.74 Å². The molecule has 1 atom stereocenters. The quantitative estimate of drug-likeness (QED) is 0.738. The van der Waals surface area contributed by atoms with E-state index < -0.39 is 40.5 Å². The van der Waals surface area contributed by atoms with Gasteiger partial charge in [0.2, 0.25) is 0 Å². The summed E-state index contributed by atoms with van der Waals surface area (Å²) in [5.74, 6) is -2.32. The fourth-order valence-electron chi connectivity index (χ4n) is 2.77. The molecule has 0 aromatic heterocycles. The molecule has 28 heavy (non-hydrogen) atoms. The maximum Gasteiger partial charge on any atom is 0.327 e. The minimum Gasteiger partial charge on any atom is -0.451 e. The summed E-state index contributed by atoms with van der Waals surface area (Å²) >= 11 is 0. The van der Waals surface area contributed by atoms with Gasteiger partial charge in [-0.05, 0) is 30.7 Å². The Hall–Kier alpha value is -3.20. The molecule has 2 aromatic carbocycles. The fraction of sp³-hybridized carbons (Fsp3) is 0.211. The Labute approximate surface area is 162 Å². The summed E-state index contributed by atoms with van der Waals surface area (Å²) in [6.07, 6.45) is -0.929. The van der Waals surface area contributed by atoms with Gasteiger partial charge in [0.05, 0.1) is 5.56 Å². The molecule has 146 valence electrons. The molecular formula is C19H18N2O6S. The van der Waals surface area contributed by atoms with Crippen molar-refractivity contribution in [1.82, 2.24) is 4.31 Å². The second-order valence-electron chi connectivity index (χ2n) is 6.06. The zero-order valence-electron chi connectivity index (χ0n) is 15.0. The molecule has 0 saturated carbocycles. The molecule has 9 heteroatoms. The van der Waals surface area contributed by atoms with E-state index in [1.165, 1.54) is 24.3 Å². The number of sulfonamides is 1. The van der Waals surface area contributed by atoms with Crippen molar-refractivity contribution < 1.29 is 27.5 Å². The lowest BCUT2D eigenvalue weighted by Crippen LogP contribution is -2.39. The van der Waals surface area contributed by atoms with Gasteiger partial charge in [-0.3, -0.25) is 14.4 Å². The molecule has 0 saturated heterocycles. The van der Waals surface area contributed by atoms with Crippen LogP contribution in [0, 0.1) is 0 Å². The van der Waals surface area contributed by atoms with Gasteiger partial charge in [0.15, 0.2) is 6.10 Å². The topological polar surface area (TPSA) is 110 Å². The van der Waals surface area contributed by atoms with E-state index in [9.17, 15) is 22.8 Å². The van der Waals surface area contributed by atoms with Gasteiger partial charge in [-0.15, -0.1) is 0 Å². The highest BCUT2D eigenvalue weighted by molar-refractivity contribution is 7.90. The first-order valence-electron chi connectivity index (χ1n) is 8.56. The second kappa shape index (κ2) is 7.81. The largest absolute Gasteiger partial charge is 0.451 e. The Bertz CT molecular complexity index is 1020. The van der Waals surface area contributed by atoms with Crippen molar-refractivity contribution in [2.45, 2.75) is 24.3 Å². The van der Waals surface area contributed by atoms with Crippen molar-refractivity contribution in [1.29, 1.82) is 0 Å². The summed E-state index contributed by atoms with van der Waals surface area (Å²) in [6.45, 7) is 0.848. The van der Waals surface area contributed by atoms with Gasteiger partial charge >= 0.3 is 5.97 Å². The molecular weight excluding hydrogens is 384 g/mol. The van der Waals surface area contributed by atoms with Crippen molar-refractivity contribution in [3.05, 3.63) is 60.2 Å². The van der Waals surface area contributed by atoms with E-state index in [0.717, 1.165) is 0 Å². The van der Waals surface area contributed by atoms with Crippen LogP contribution in [-0.4, -0.2) is 43.2 Å². The molecule has 0 bridgehead atoms. The van der Waals surface area contributed by atoms with Crippen LogP contribution in [-0.2, 0) is 24.3 Å². The number of hydrogen-bond donors (Lipinski definition) is 1. The zero-order valence-corrected chi connectivity index (χ0v) is 15.8. The van der Waals surface area contributed by atoms with Crippen LogP contribution in [0.2, 0.25) is 0 Å². The minimum atomic E-state index is -4.12. The Balaban J connectivity index is 1.68. The lowest BCUT2D eigenvalue weighted by Gasteiger charge is -2.19. The van der Waals surface area contributed by atoms with Crippen LogP contribution >= 0.6 is 0 Å². The monoisotopic (exact) mass is 402 g/mol. The summed E-state index contributed by atoms with van der Waals surface area (Å²) in [4.78, 5) is 36.7. The lowest BCUT2D eigenvalue weighted by molar-refractivity contribution is -0.154. The zero-order chi connectivity index (χ0) is 20.3. The summed E-state index contributed by atoms with van der Waals surface area (Å²) in [5.41, 5.74) is 0.541. The molecule has 8 nitrogen and oxygen atoms in total. The highest BCUT2D eigenvalue weighted by Crippen LogP contribution is 2.29. The van der Waals surface area contributed by atoms with Gasteiger partial charge < -0.3 is 10.1 Å². The molecule has 1 aliphatic heterocycles. The van der Waals surface area contributed by atoms with Gasteiger partial charge in [0.1, 0.15) is 11.4 Å². The van der Waals surface area contributed by atoms with Crippen LogP contribution in [0.15, 0.2) is 59.5 Å². The third-order valence-electron chi connectivity index (χ3n) is 4.16. The lowest BCUT2D eigenvalue weighted by atomic mass is 10.2. The second-order valence-corrected chi connectivity index (χ2v) is 7.89. The third kappa shape index (κ3) is 3.74. The number of carbonyl (C=O) groups is 3. The number of benzene rings is 2. The minimum absolute atomic E-state index is 0.00385. The number of ether oxygens (including phenoxy) is 1. The average Bonchev–Trinajstić information content (AvgIpc) is 2.88. The van der Waals surface area contributed by atoms with Gasteiger partial charge in [-0.25, -0.2) is 12.7 Å². The first-order valence-corrected chi connectivity index (χ1v) is 10.00. The van der Waals surface area contributed by atoms with Crippen molar-refractivity contribution >= 4 is 33.5 Å². The first kappa shape index (κ1) is 19.6. The number of amides is 2. The maximum absolute atomic E-state index is 12.5. The molecule has 1 aliphatic rings. The SMILES string of the molecule is CCC(OC(=O)CN1C(=O)c2ccccc2S1(=O)=O)C(=O)Nc1ccccc1. The predicted molar refractivity (Wildman–Crippen MR) is 99.9 cm³/mol.